The molecule has 0 radical (unpaired) electrons. The van der Waals surface area contributed by atoms with Crippen LogP contribution in [0.1, 0.15) is 56.4 Å². The van der Waals surface area contributed by atoms with E-state index >= 15 is 0 Å². The van der Waals surface area contributed by atoms with E-state index < -0.39 is 25.8 Å². The first-order valence-corrected chi connectivity index (χ1v) is 12.7. The molecular formula is C18H26N2O5S2. The van der Waals surface area contributed by atoms with Gasteiger partial charge in [-0.2, -0.15) is 0 Å². The average molecular weight is 415 g/mol. The highest BCUT2D eigenvalue weighted by Gasteiger charge is 2.29. The number of amides is 1. The van der Waals surface area contributed by atoms with Crippen molar-refractivity contribution in [2.45, 2.75) is 55.8 Å². The normalized spacial score (nSPS) is 23.2. The summed E-state index contributed by atoms with van der Waals surface area (Å²) in [5.74, 6) is -0.223. The lowest BCUT2D eigenvalue weighted by Gasteiger charge is -2.22. The zero-order chi connectivity index (χ0) is 19.5. The summed E-state index contributed by atoms with van der Waals surface area (Å²) in [6.45, 7) is 0. The Bertz CT molecular complexity index is 873. The fraction of sp³-hybridized carbons (Fsp3) is 0.611. The third-order valence-electron chi connectivity index (χ3n) is 5.39. The molecule has 7 nitrogen and oxygen atoms in total. The van der Waals surface area contributed by atoms with Crippen LogP contribution in [0.15, 0.2) is 29.2 Å². The second-order valence-electron chi connectivity index (χ2n) is 7.53. The maximum atomic E-state index is 12.3. The number of hydrazine groups is 1. The van der Waals surface area contributed by atoms with E-state index in [-0.39, 0.29) is 28.7 Å². The Balaban J connectivity index is 1.54. The SMILES string of the molecule is O=C(C[C@@H]1CCS(=O)(=O)C1)NNS(=O)(=O)c1ccc(C2CCCCC2)cc1. The van der Waals surface area contributed by atoms with Crippen LogP contribution in [0.5, 0.6) is 0 Å². The molecule has 0 unspecified atom stereocenters. The Labute approximate surface area is 160 Å². The number of nitrogens with one attached hydrogen (secondary N) is 2. The molecule has 9 heteroatoms. The van der Waals surface area contributed by atoms with Crippen LogP contribution in [0.25, 0.3) is 0 Å². The van der Waals surface area contributed by atoms with Crippen molar-refractivity contribution in [2.75, 3.05) is 11.5 Å². The van der Waals surface area contributed by atoms with E-state index in [1.165, 1.54) is 19.3 Å². The lowest BCUT2D eigenvalue weighted by atomic mass is 9.84. The number of hydrogen-bond donors (Lipinski definition) is 2. The van der Waals surface area contributed by atoms with Gasteiger partial charge in [0.05, 0.1) is 16.4 Å². The molecule has 1 aliphatic heterocycles. The molecule has 0 aromatic heterocycles. The third-order valence-corrected chi connectivity index (χ3v) is 8.49. The summed E-state index contributed by atoms with van der Waals surface area (Å²) in [7, 11) is -6.92. The summed E-state index contributed by atoms with van der Waals surface area (Å²) < 4.78 is 47.5. The van der Waals surface area contributed by atoms with E-state index in [0.29, 0.717) is 12.3 Å². The molecule has 150 valence electrons. The zero-order valence-electron chi connectivity index (χ0n) is 15.2. The van der Waals surface area contributed by atoms with Crippen LogP contribution in [-0.2, 0) is 24.7 Å². The molecule has 0 spiro atoms. The zero-order valence-corrected chi connectivity index (χ0v) is 16.8. The number of carbonyl (C=O) groups excluding carboxylic acids is 1. The predicted molar refractivity (Wildman–Crippen MR) is 102 cm³/mol. The molecule has 1 heterocycles. The Hall–Kier alpha value is -1.45. The second kappa shape index (κ2) is 8.28. The van der Waals surface area contributed by atoms with Crippen molar-refractivity contribution in [1.82, 2.24) is 10.3 Å². The molecule has 2 aliphatic rings. The van der Waals surface area contributed by atoms with Crippen LogP contribution >= 0.6 is 0 Å². The monoisotopic (exact) mass is 414 g/mol. The molecular weight excluding hydrogens is 388 g/mol. The van der Waals surface area contributed by atoms with Crippen molar-refractivity contribution in [3.05, 3.63) is 29.8 Å². The van der Waals surface area contributed by atoms with Gasteiger partial charge in [-0.25, -0.2) is 16.8 Å². The first-order chi connectivity index (χ1) is 12.8. The van der Waals surface area contributed by atoms with E-state index in [1.54, 1.807) is 12.1 Å². The van der Waals surface area contributed by atoms with Gasteiger partial charge in [0.25, 0.3) is 10.0 Å². The number of sulfonamides is 1. The lowest BCUT2D eigenvalue weighted by molar-refractivity contribution is -0.122. The Kier molecular flexibility index (Phi) is 6.22. The number of carbonyl (C=O) groups is 1. The van der Waals surface area contributed by atoms with E-state index in [0.717, 1.165) is 18.4 Å². The molecule has 2 fully saturated rings. The van der Waals surface area contributed by atoms with Crippen molar-refractivity contribution < 1.29 is 21.6 Å². The maximum absolute atomic E-state index is 12.3. The Morgan fingerprint density at radius 3 is 2.30 bits per heavy atom. The number of rotatable bonds is 6. The van der Waals surface area contributed by atoms with Crippen LogP contribution in [0.3, 0.4) is 0 Å². The van der Waals surface area contributed by atoms with E-state index in [4.69, 9.17) is 0 Å². The highest BCUT2D eigenvalue weighted by molar-refractivity contribution is 7.91. The van der Waals surface area contributed by atoms with Gasteiger partial charge in [-0.05, 0) is 48.8 Å². The van der Waals surface area contributed by atoms with Gasteiger partial charge in [0.2, 0.25) is 5.91 Å². The van der Waals surface area contributed by atoms with Gasteiger partial charge in [0.1, 0.15) is 0 Å². The maximum Gasteiger partial charge on any atom is 0.257 e. The molecule has 1 aliphatic carbocycles. The molecule has 0 bridgehead atoms. The first kappa shape index (κ1) is 20.3. The smallest absolute Gasteiger partial charge is 0.257 e. The molecule has 1 saturated heterocycles. The molecule has 3 rings (SSSR count). The Morgan fingerprint density at radius 1 is 1.04 bits per heavy atom. The quantitative estimate of drug-likeness (QED) is 0.691. The largest absolute Gasteiger partial charge is 0.278 e. The summed E-state index contributed by atoms with van der Waals surface area (Å²) in [5, 5.41) is 0. The van der Waals surface area contributed by atoms with Gasteiger partial charge in [-0.1, -0.05) is 31.4 Å². The molecule has 1 saturated carbocycles. The molecule has 1 aromatic rings. The summed E-state index contributed by atoms with van der Waals surface area (Å²) in [5.41, 5.74) is 3.33. The minimum absolute atomic E-state index is 0.0115. The van der Waals surface area contributed by atoms with E-state index in [2.05, 4.69) is 10.3 Å². The fourth-order valence-corrected chi connectivity index (χ4v) is 6.61. The van der Waals surface area contributed by atoms with E-state index in [9.17, 15) is 21.6 Å². The minimum Gasteiger partial charge on any atom is -0.278 e. The average Bonchev–Trinajstić information content (AvgIpc) is 2.99. The lowest BCUT2D eigenvalue weighted by Crippen LogP contribution is -2.42. The predicted octanol–water partition coefficient (Wildman–Crippen LogP) is 1.87. The third kappa shape index (κ3) is 5.52. The molecule has 1 atom stereocenters. The van der Waals surface area contributed by atoms with Gasteiger partial charge in [0.15, 0.2) is 9.84 Å². The molecule has 1 aromatic carbocycles. The summed E-state index contributed by atoms with van der Waals surface area (Å²) in [6, 6.07) is 6.80. The van der Waals surface area contributed by atoms with Crippen molar-refractivity contribution in [3.8, 4) is 0 Å². The number of hydrogen-bond acceptors (Lipinski definition) is 5. The number of benzene rings is 1. The topological polar surface area (TPSA) is 109 Å². The second-order valence-corrected chi connectivity index (χ2v) is 11.4. The standard InChI is InChI=1S/C18H26N2O5S2/c21-18(12-14-10-11-26(22,23)13-14)19-20-27(24,25)17-8-6-16(7-9-17)15-4-2-1-3-5-15/h6-9,14-15,20H,1-5,10-13H2,(H,19,21)/t14-/m0/s1. The van der Waals surface area contributed by atoms with Gasteiger partial charge < -0.3 is 0 Å². The van der Waals surface area contributed by atoms with Crippen LogP contribution in [0.2, 0.25) is 0 Å². The Morgan fingerprint density at radius 2 is 1.70 bits per heavy atom. The minimum atomic E-state index is -3.86. The van der Waals surface area contributed by atoms with Gasteiger partial charge >= 0.3 is 0 Å². The van der Waals surface area contributed by atoms with Crippen molar-refractivity contribution >= 4 is 25.8 Å². The summed E-state index contributed by atoms with van der Waals surface area (Å²) in [4.78, 5) is 14.1. The molecule has 2 N–H and O–H groups in total. The number of sulfone groups is 1. The van der Waals surface area contributed by atoms with Crippen LogP contribution in [0, 0.1) is 5.92 Å². The van der Waals surface area contributed by atoms with Gasteiger partial charge in [0, 0.05) is 6.42 Å². The summed E-state index contributed by atoms with van der Waals surface area (Å²) in [6.07, 6.45) is 6.38. The van der Waals surface area contributed by atoms with Crippen LogP contribution < -0.4 is 10.3 Å². The summed E-state index contributed by atoms with van der Waals surface area (Å²) >= 11 is 0. The highest BCUT2D eigenvalue weighted by atomic mass is 32.2. The molecule has 27 heavy (non-hydrogen) atoms. The van der Waals surface area contributed by atoms with Crippen molar-refractivity contribution in [3.63, 3.8) is 0 Å². The van der Waals surface area contributed by atoms with Crippen molar-refractivity contribution in [2.24, 2.45) is 5.92 Å². The van der Waals surface area contributed by atoms with Crippen LogP contribution in [-0.4, -0.2) is 34.2 Å². The van der Waals surface area contributed by atoms with Crippen LogP contribution in [0.4, 0.5) is 0 Å². The fourth-order valence-electron chi connectivity index (χ4n) is 3.88. The van der Waals surface area contributed by atoms with Gasteiger partial charge in [-0.15, -0.1) is 4.83 Å². The highest BCUT2D eigenvalue weighted by Crippen LogP contribution is 2.32. The first-order valence-electron chi connectivity index (χ1n) is 9.36. The van der Waals surface area contributed by atoms with Crippen molar-refractivity contribution in [1.29, 1.82) is 0 Å². The van der Waals surface area contributed by atoms with Gasteiger partial charge in [-0.3, -0.25) is 10.2 Å². The molecule has 1 amide bonds. The van der Waals surface area contributed by atoms with E-state index in [1.807, 2.05) is 12.1 Å².